The average Bonchev–Trinajstić information content (AvgIpc) is 2.11. The predicted molar refractivity (Wildman–Crippen MR) is 54.5 cm³/mol. The lowest BCUT2D eigenvalue weighted by atomic mass is 10.1. The summed E-state index contributed by atoms with van der Waals surface area (Å²) in [5.41, 5.74) is 1.98. The summed E-state index contributed by atoms with van der Waals surface area (Å²) in [4.78, 5) is 0. The highest BCUT2D eigenvalue weighted by Crippen LogP contribution is 2.17. The summed E-state index contributed by atoms with van der Waals surface area (Å²) < 4.78 is 12.9. The summed E-state index contributed by atoms with van der Waals surface area (Å²) in [7, 11) is 0. The lowest BCUT2D eigenvalue weighted by molar-refractivity contribution is 0.627. The standard InChI is InChI=1S/C11H16FN/c1-4-9(3)13-11-7-10(12)6-5-8(11)2/h5-7,9,13H,4H2,1-3H3. The first-order valence-corrected chi connectivity index (χ1v) is 4.66. The van der Waals surface area contributed by atoms with Gasteiger partial charge in [-0.3, -0.25) is 0 Å². The maximum Gasteiger partial charge on any atom is 0.125 e. The number of halogens is 1. The first-order valence-electron chi connectivity index (χ1n) is 4.66. The van der Waals surface area contributed by atoms with Crippen LogP contribution in [0.5, 0.6) is 0 Å². The lowest BCUT2D eigenvalue weighted by Crippen LogP contribution is -2.14. The Morgan fingerprint density at radius 3 is 2.77 bits per heavy atom. The number of hydrogen-bond donors (Lipinski definition) is 1. The van der Waals surface area contributed by atoms with E-state index in [1.165, 1.54) is 6.07 Å². The average molecular weight is 181 g/mol. The Kier molecular flexibility index (Phi) is 3.29. The second kappa shape index (κ2) is 4.26. The van der Waals surface area contributed by atoms with E-state index in [9.17, 15) is 4.39 Å². The molecule has 0 aliphatic carbocycles. The molecule has 0 bridgehead atoms. The second-order valence-electron chi connectivity index (χ2n) is 3.41. The fourth-order valence-corrected chi connectivity index (χ4v) is 1.12. The van der Waals surface area contributed by atoms with Crippen molar-refractivity contribution in [1.29, 1.82) is 0 Å². The number of rotatable bonds is 3. The van der Waals surface area contributed by atoms with E-state index < -0.39 is 0 Å². The van der Waals surface area contributed by atoms with Crippen LogP contribution in [0.1, 0.15) is 25.8 Å². The molecule has 0 radical (unpaired) electrons. The van der Waals surface area contributed by atoms with Crippen molar-refractivity contribution in [2.24, 2.45) is 0 Å². The summed E-state index contributed by atoms with van der Waals surface area (Å²) in [6, 6.07) is 5.21. The number of hydrogen-bond acceptors (Lipinski definition) is 1. The molecule has 1 atom stereocenters. The van der Waals surface area contributed by atoms with Gasteiger partial charge in [0.2, 0.25) is 0 Å². The van der Waals surface area contributed by atoms with Crippen LogP contribution in [-0.4, -0.2) is 6.04 Å². The highest BCUT2D eigenvalue weighted by Gasteiger charge is 2.02. The molecule has 0 saturated carbocycles. The quantitative estimate of drug-likeness (QED) is 0.754. The van der Waals surface area contributed by atoms with E-state index in [1.807, 2.05) is 6.92 Å². The number of benzene rings is 1. The molecule has 0 spiro atoms. The number of anilines is 1. The van der Waals surface area contributed by atoms with Gasteiger partial charge in [-0.1, -0.05) is 13.0 Å². The van der Waals surface area contributed by atoms with Crippen LogP contribution < -0.4 is 5.32 Å². The minimum absolute atomic E-state index is 0.184. The molecule has 0 amide bonds. The fraction of sp³-hybridized carbons (Fsp3) is 0.455. The predicted octanol–water partition coefficient (Wildman–Crippen LogP) is 3.34. The van der Waals surface area contributed by atoms with Crippen LogP contribution in [0.25, 0.3) is 0 Å². The topological polar surface area (TPSA) is 12.0 Å². The van der Waals surface area contributed by atoms with Gasteiger partial charge >= 0.3 is 0 Å². The monoisotopic (exact) mass is 181 g/mol. The molecule has 1 nitrogen and oxygen atoms in total. The molecule has 1 aromatic carbocycles. The second-order valence-corrected chi connectivity index (χ2v) is 3.41. The largest absolute Gasteiger partial charge is 0.382 e. The van der Waals surface area contributed by atoms with E-state index in [-0.39, 0.29) is 5.82 Å². The molecule has 1 rings (SSSR count). The minimum atomic E-state index is -0.184. The van der Waals surface area contributed by atoms with Gasteiger partial charge in [0.15, 0.2) is 0 Å². The molecule has 13 heavy (non-hydrogen) atoms. The molecule has 1 N–H and O–H groups in total. The van der Waals surface area contributed by atoms with Gasteiger partial charge in [-0.15, -0.1) is 0 Å². The van der Waals surface area contributed by atoms with Crippen LogP contribution in [0.4, 0.5) is 10.1 Å². The van der Waals surface area contributed by atoms with Crippen molar-refractivity contribution < 1.29 is 4.39 Å². The van der Waals surface area contributed by atoms with Crippen molar-refractivity contribution in [3.05, 3.63) is 29.6 Å². The molecule has 1 aromatic rings. The summed E-state index contributed by atoms with van der Waals surface area (Å²) in [5, 5.41) is 3.26. The highest BCUT2D eigenvalue weighted by molar-refractivity contribution is 5.51. The van der Waals surface area contributed by atoms with Gasteiger partial charge in [0.1, 0.15) is 5.82 Å². The Labute approximate surface area is 79.0 Å². The maximum atomic E-state index is 12.9. The van der Waals surface area contributed by atoms with Crippen molar-refractivity contribution in [2.45, 2.75) is 33.2 Å². The summed E-state index contributed by atoms with van der Waals surface area (Å²) in [6.07, 6.45) is 1.04. The highest BCUT2D eigenvalue weighted by atomic mass is 19.1. The zero-order chi connectivity index (χ0) is 9.84. The van der Waals surface area contributed by atoms with Crippen LogP contribution >= 0.6 is 0 Å². The molecule has 0 saturated heterocycles. The Balaban J connectivity index is 2.81. The van der Waals surface area contributed by atoms with Gasteiger partial charge in [0.25, 0.3) is 0 Å². The smallest absolute Gasteiger partial charge is 0.125 e. The van der Waals surface area contributed by atoms with Gasteiger partial charge < -0.3 is 5.32 Å². The van der Waals surface area contributed by atoms with E-state index in [4.69, 9.17) is 0 Å². The normalized spacial score (nSPS) is 12.6. The van der Waals surface area contributed by atoms with Crippen LogP contribution in [0.2, 0.25) is 0 Å². The summed E-state index contributed by atoms with van der Waals surface area (Å²) in [6.45, 7) is 6.17. The molecule has 0 fully saturated rings. The third kappa shape index (κ3) is 2.72. The zero-order valence-corrected chi connectivity index (χ0v) is 8.39. The molecule has 0 aliphatic rings. The third-order valence-electron chi connectivity index (χ3n) is 2.21. The lowest BCUT2D eigenvalue weighted by Gasteiger charge is -2.14. The van der Waals surface area contributed by atoms with E-state index in [0.717, 1.165) is 17.7 Å². The van der Waals surface area contributed by atoms with E-state index in [1.54, 1.807) is 12.1 Å². The molecule has 1 unspecified atom stereocenters. The van der Waals surface area contributed by atoms with Crippen LogP contribution in [0, 0.1) is 12.7 Å². The minimum Gasteiger partial charge on any atom is -0.382 e. The van der Waals surface area contributed by atoms with Crippen molar-refractivity contribution in [1.82, 2.24) is 0 Å². The molecule has 0 heterocycles. The molecular formula is C11H16FN. The van der Waals surface area contributed by atoms with Crippen molar-refractivity contribution in [3.8, 4) is 0 Å². The summed E-state index contributed by atoms with van der Waals surface area (Å²) >= 11 is 0. The summed E-state index contributed by atoms with van der Waals surface area (Å²) in [5.74, 6) is -0.184. The van der Waals surface area contributed by atoms with Crippen LogP contribution in [0.3, 0.4) is 0 Å². The van der Waals surface area contributed by atoms with Gasteiger partial charge in [-0.25, -0.2) is 4.39 Å². The number of nitrogens with one attached hydrogen (secondary N) is 1. The first-order chi connectivity index (χ1) is 6.13. The Morgan fingerprint density at radius 2 is 2.15 bits per heavy atom. The zero-order valence-electron chi connectivity index (χ0n) is 8.39. The Morgan fingerprint density at radius 1 is 1.46 bits per heavy atom. The molecular weight excluding hydrogens is 165 g/mol. The maximum absolute atomic E-state index is 12.9. The van der Waals surface area contributed by atoms with E-state index in [0.29, 0.717) is 6.04 Å². The van der Waals surface area contributed by atoms with Gasteiger partial charge in [-0.2, -0.15) is 0 Å². The molecule has 72 valence electrons. The van der Waals surface area contributed by atoms with Crippen molar-refractivity contribution in [3.63, 3.8) is 0 Å². The fourth-order valence-electron chi connectivity index (χ4n) is 1.12. The van der Waals surface area contributed by atoms with Crippen LogP contribution in [0.15, 0.2) is 18.2 Å². The van der Waals surface area contributed by atoms with Crippen molar-refractivity contribution in [2.75, 3.05) is 5.32 Å². The van der Waals surface area contributed by atoms with Gasteiger partial charge in [-0.05, 0) is 38.0 Å². The molecule has 2 heteroatoms. The van der Waals surface area contributed by atoms with Crippen LogP contribution in [-0.2, 0) is 0 Å². The number of aryl methyl sites for hydroxylation is 1. The van der Waals surface area contributed by atoms with E-state index in [2.05, 4.69) is 19.2 Å². The first kappa shape index (κ1) is 10.0. The van der Waals surface area contributed by atoms with Crippen molar-refractivity contribution >= 4 is 5.69 Å². The van der Waals surface area contributed by atoms with Gasteiger partial charge in [0.05, 0.1) is 0 Å². The Hall–Kier alpha value is -1.05. The SMILES string of the molecule is CCC(C)Nc1cc(F)ccc1C. The van der Waals surface area contributed by atoms with Gasteiger partial charge in [0, 0.05) is 11.7 Å². The van der Waals surface area contributed by atoms with E-state index >= 15 is 0 Å². The third-order valence-corrected chi connectivity index (χ3v) is 2.21. The molecule has 0 aliphatic heterocycles. The Bertz CT molecular complexity index is 283. The molecule has 0 aromatic heterocycles.